The molecule has 0 radical (unpaired) electrons. The second-order valence-corrected chi connectivity index (χ2v) is 3.22. The smallest absolute Gasteiger partial charge is 0.0912 e. The Bertz CT molecular complexity index is 118. The van der Waals surface area contributed by atoms with E-state index in [0.717, 1.165) is 6.42 Å². The van der Waals surface area contributed by atoms with Crippen molar-refractivity contribution in [2.45, 2.75) is 24.3 Å². The first kappa shape index (κ1) is 6.12. The van der Waals surface area contributed by atoms with E-state index in [1.807, 2.05) is 13.0 Å². The molecule has 0 spiro atoms. The minimum atomic E-state index is -0.454. The molecule has 2 heteroatoms. The van der Waals surface area contributed by atoms with Crippen molar-refractivity contribution >= 4 is 11.6 Å². The van der Waals surface area contributed by atoms with Crippen LogP contribution in [0.25, 0.3) is 0 Å². The van der Waals surface area contributed by atoms with Crippen molar-refractivity contribution < 1.29 is 5.11 Å². The van der Waals surface area contributed by atoms with Gasteiger partial charge in [0.25, 0.3) is 0 Å². The van der Waals surface area contributed by atoms with Gasteiger partial charge in [0.05, 0.1) is 11.0 Å². The third-order valence-electron chi connectivity index (χ3n) is 1.45. The van der Waals surface area contributed by atoms with Crippen LogP contribution in [0.3, 0.4) is 0 Å². The zero-order chi connectivity index (χ0) is 6.20. The van der Waals surface area contributed by atoms with Crippen LogP contribution in [0.15, 0.2) is 12.2 Å². The molecule has 0 fully saturated rings. The maximum absolute atomic E-state index is 9.04. The molecule has 1 aliphatic rings. The summed E-state index contributed by atoms with van der Waals surface area (Å²) in [6.45, 7) is 1.83. The quantitative estimate of drug-likeness (QED) is 0.389. The minimum Gasteiger partial charge on any atom is -0.387 e. The highest BCUT2D eigenvalue weighted by Gasteiger charge is 2.30. The zero-order valence-electron chi connectivity index (χ0n) is 4.76. The van der Waals surface area contributed by atoms with Gasteiger partial charge in [-0.15, -0.1) is 11.6 Å². The van der Waals surface area contributed by atoms with Gasteiger partial charge in [0.15, 0.2) is 0 Å². The van der Waals surface area contributed by atoms with E-state index in [1.165, 1.54) is 0 Å². The molecule has 0 saturated heterocycles. The number of hydrogen-bond acceptors (Lipinski definition) is 1. The number of rotatable bonds is 0. The Hall–Kier alpha value is -0.0100. The van der Waals surface area contributed by atoms with Gasteiger partial charge in [-0.3, -0.25) is 0 Å². The Morgan fingerprint density at radius 2 is 2.50 bits per heavy atom. The van der Waals surface area contributed by atoms with Gasteiger partial charge >= 0.3 is 0 Å². The van der Waals surface area contributed by atoms with Crippen LogP contribution in [0.1, 0.15) is 13.3 Å². The molecule has 1 aliphatic carbocycles. The molecule has 1 N–H and O–H groups in total. The molecule has 1 rings (SSSR count). The van der Waals surface area contributed by atoms with E-state index in [2.05, 4.69) is 0 Å². The summed E-state index contributed by atoms with van der Waals surface area (Å²) in [5, 5.41) is 9.04. The molecule has 1 nitrogen and oxygen atoms in total. The fourth-order valence-electron chi connectivity index (χ4n) is 0.749. The van der Waals surface area contributed by atoms with Crippen LogP contribution in [0.2, 0.25) is 0 Å². The Morgan fingerprint density at radius 1 is 1.88 bits per heavy atom. The van der Waals surface area contributed by atoms with Crippen molar-refractivity contribution in [1.29, 1.82) is 0 Å². The fraction of sp³-hybridized carbons (Fsp3) is 0.667. The first-order chi connectivity index (χ1) is 3.63. The molecule has 0 bridgehead atoms. The van der Waals surface area contributed by atoms with E-state index in [0.29, 0.717) is 0 Å². The number of halogens is 1. The summed E-state index contributed by atoms with van der Waals surface area (Å²) in [6, 6.07) is 0. The second kappa shape index (κ2) is 1.74. The summed E-state index contributed by atoms with van der Waals surface area (Å²) in [6.07, 6.45) is 3.95. The Balaban J connectivity index is 2.64. The lowest BCUT2D eigenvalue weighted by molar-refractivity contribution is 0.189. The van der Waals surface area contributed by atoms with E-state index in [-0.39, 0.29) is 0 Å². The average molecular weight is 133 g/mol. The Morgan fingerprint density at radius 3 is 2.62 bits per heavy atom. The van der Waals surface area contributed by atoms with Gasteiger partial charge in [0.2, 0.25) is 0 Å². The van der Waals surface area contributed by atoms with Crippen LogP contribution < -0.4 is 0 Å². The summed E-state index contributed by atoms with van der Waals surface area (Å²) in [5.74, 6) is 0. The van der Waals surface area contributed by atoms with E-state index < -0.39 is 11.0 Å². The lowest BCUT2D eigenvalue weighted by Gasteiger charge is -2.18. The van der Waals surface area contributed by atoms with Crippen molar-refractivity contribution in [3.8, 4) is 0 Å². The monoisotopic (exact) mass is 132 g/mol. The van der Waals surface area contributed by atoms with E-state index >= 15 is 0 Å². The molecule has 0 unspecified atom stereocenters. The fourth-order valence-corrected chi connectivity index (χ4v) is 0.911. The highest BCUT2D eigenvalue weighted by atomic mass is 35.5. The van der Waals surface area contributed by atoms with Crippen molar-refractivity contribution in [3.63, 3.8) is 0 Å². The van der Waals surface area contributed by atoms with Crippen LogP contribution >= 0.6 is 11.6 Å². The van der Waals surface area contributed by atoms with E-state index in [9.17, 15) is 0 Å². The van der Waals surface area contributed by atoms with Crippen molar-refractivity contribution in [1.82, 2.24) is 0 Å². The number of hydrogen-bond donors (Lipinski definition) is 1. The molecule has 0 heterocycles. The number of alkyl halides is 1. The molecule has 0 aromatic heterocycles. The van der Waals surface area contributed by atoms with Crippen molar-refractivity contribution in [2.24, 2.45) is 0 Å². The van der Waals surface area contributed by atoms with Crippen LogP contribution in [0.5, 0.6) is 0 Å². The van der Waals surface area contributed by atoms with Crippen molar-refractivity contribution in [2.75, 3.05) is 0 Å². The lowest BCUT2D eigenvalue weighted by Crippen LogP contribution is -2.26. The van der Waals surface area contributed by atoms with Gasteiger partial charge in [-0.1, -0.05) is 12.2 Å². The van der Waals surface area contributed by atoms with Crippen LogP contribution in [0, 0.1) is 0 Å². The third-order valence-corrected chi connectivity index (χ3v) is 1.83. The predicted molar refractivity (Wildman–Crippen MR) is 34.0 cm³/mol. The van der Waals surface area contributed by atoms with Gasteiger partial charge in [-0.2, -0.15) is 0 Å². The number of aliphatic hydroxyl groups excluding tert-OH is 1. The molecule has 2 atom stereocenters. The number of allylic oxidation sites excluding steroid dienone is 1. The third kappa shape index (κ3) is 0.884. The van der Waals surface area contributed by atoms with Gasteiger partial charge in [0.1, 0.15) is 0 Å². The van der Waals surface area contributed by atoms with Crippen molar-refractivity contribution in [3.05, 3.63) is 12.2 Å². The van der Waals surface area contributed by atoms with Gasteiger partial charge in [0, 0.05) is 0 Å². The standard InChI is InChI=1S/C6H9ClO/c1-6(7)4-2-3-5(6)8/h2-3,5,8H,4H2,1H3/t5-,6-/m1/s1. The molecule has 0 aliphatic heterocycles. The normalized spacial score (nSPS) is 45.6. The number of aliphatic hydroxyl groups is 1. The molecule has 0 aromatic rings. The minimum absolute atomic E-state index is 0.431. The topological polar surface area (TPSA) is 20.2 Å². The molecular weight excluding hydrogens is 124 g/mol. The average Bonchev–Trinajstić information content (AvgIpc) is 1.86. The highest BCUT2D eigenvalue weighted by molar-refractivity contribution is 6.24. The van der Waals surface area contributed by atoms with Gasteiger partial charge in [-0.25, -0.2) is 0 Å². The van der Waals surface area contributed by atoms with E-state index in [4.69, 9.17) is 16.7 Å². The SMILES string of the molecule is C[C@@]1(Cl)CC=C[C@H]1O. The molecule has 8 heavy (non-hydrogen) atoms. The predicted octanol–water partition coefficient (Wildman–Crippen LogP) is 1.30. The highest BCUT2D eigenvalue weighted by Crippen LogP contribution is 2.29. The zero-order valence-corrected chi connectivity index (χ0v) is 5.52. The summed E-state index contributed by atoms with van der Waals surface area (Å²) < 4.78 is 0. The second-order valence-electron chi connectivity index (χ2n) is 2.36. The van der Waals surface area contributed by atoms with Crippen LogP contribution in [0.4, 0.5) is 0 Å². The first-order valence-corrected chi connectivity index (χ1v) is 3.04. The molecule has 0 aromatic carbocycles. The lowest BCUT2D eigenvalue weighted by atomic mass is 10.1. The first-order valence-electron chi connectivity index (χ1n) is 2.66. The van der Waals surface area contributed by atoms with E-state index in [1.54, 1.807) is 6.08 Å². The Kier molecular flexibility index (Phi) is 1.33. The summed E-state index contributed by atoms with van der Waals surface area (Å²) in [5.41, 5.74) is 0. The molecule has 0 amide bonds. The van der Waals surface area contributed by atoms with Crippen LogP contribution in [-0.4, -0.2) is 16.1 Å². The Labute approximate surface area is 54.0 Å². The maximum atomic E-state index is 9.04. The molecular formula is C6H9ClO. The molecule has 0 saturated carbocycles. The summed E-state index contributed by atoms with van der Waals surface area (Å²) >= 11 is 5.81. The van der Waals surface area contributed by atoms with Gasteiger partial charge < -0.3 is 5.11 Å². The van der Waals surface area contributed by atoms with Gasteiger partial charge in [-0.05, 0) is 13.3 Å². The largest absolute Gasteiger partial charge is 0.387 e. The molecule has 46 valence electrons. The maximum Gasteiger partial charge on any atom is 0.0912 e. The summed E-state index contributed by atoms with van der Waals surface area (Å²) in [7, 11) is 0. The summed E-state index contributed by atoms with van der Waals surface area (Å²) in [4.78, 5) is -0.431. The van der Waals surface area contributed by atoms with Crippen LogP contribution in [-0.2, 0) is 0 Å².